The second-order valence-electron chi connectivity index (χ2n) is 4.86. The second kappa shape index (κ2) is 5.85. The third kappa shape index (κ3) is 2.95. The van der Waals surface area contributed by atoms with Gasteiger partial charge in [0.1, 0.15) is 5.82 Å². The summed E-state index contributed by atoms with van der Waals surface area (Å²) in [6.07, 6.45) is 0. The maximum Gasteiger partial charge on any atom is 0.247 e. The predicted molar refractivity (Wildman–Crippen MR) is 85.3 cm³/mol. The fraction of sp³-hybridized carbons (Fsp3) is 0.0625. The Morgan fingerprint density at radius 3 is 2.87 bits per heavy atom. The van der Waals surface area contributed by atoms with Crippen molar-refractivity contribution in [1.82, 2.24) is 20.2 Å². The molecule has 0 unspecified atom stereocenters. The summed E-state index contributed by atoms with van der Waals surface area (Å²) in [5.74, 6) is 0.931. The Kier molecular flexibility index (Phi) is 3.55. The van der Waals surface area contributed by atoms with Gasteiger partial charge in [0.15, 0.2) is 5.16 Å². The van der Waals surface area contributed by atoms with E-state index in [2.05, 4.69) is 20.2 Å². The summed E-state index contributed by atoms with van der Waals surface area (Å²) >= 11 is 1.47. The largest absolute Gasteiger partial charge is 0.420 e. The Bertz CT molecular complexity index is 932. The summed E-state index contributed by atoms with van der Waals surface area (Å²) in [5.41, 5.74) is 2.47. The van der Waals surface area contributed by atoms with Crippen LogP contribution in [0.25, 0.3) is 22.5 Å². The van der Waals surface area contributed by atoms with Gasteiger partial charge < -0.3 is 9.40 Å². The highest BCUT2D eigenvalue weighted by atomic mass is 32.2. The van der Waals surface area contributed by atoms with Gasteiger partial charge in [-0.15, -0.1) is 10.2 Å². The number of nitrogens with one attached hydrogen (secondary N) is 1. The van der Waals surface area contributed by atoms with Crippen molar-refractivity contribution in [2.24, 2.45) is 0 Å². The molecule has 0 saturated heterocycles. The normalized spacial score (nSPS) is 11.2. The molecule has 5 nitrogen and oxygen atoms in total. The van der Waals surface area contributed by atoms with Crippen molar-refractivity contribution in [3.63, 3.8) is 0 Å². The molecule has 4 rings (SSSR count). The van der Waals surface area contributed by atoms with E-state index in [9.17, 15) is 4.39 Å². The topological polar surface area (TPSA) is 67.6 Å². The van der Waals surface area contributed by atoms with Gasteiger partial charge in [-0.3, -0.25) is 0 Å². The molecule has 0 radical (unpaired) electrons. The minimum Gasteiger partial charge on any atom is -0.420 e. The first kappa shape index (κ1) is 14.0. The van der Waals surface area contributed by atoms with Crippen LogP contribution in [0.1, 0.15) is 5.89 Å². The van der Waals surface area contributed by atoms with E-state index in [0.717, 1.165) is 16.2 Å². The van der Waals surface area contributed by atoms with E-state index in [1.807, 2.05) is 24.3 Å². The van der Waals surface area contributed by atoms with Crippen molar-refractivity contribution in [2.45, 2.75) is 10.9 Å². The molecule has 0 aliphatic carbocycles. The third-order valence-corrected chi connectivity index (χ3v) is 4.10. The number of aromatic nitrogens is 4. The molecule has 0 bridgehead atoms. The number of H-pyrrole nitrogens is 1. The van der Waals surface area contributed by atoms with Crippen molar-refractivity contribution in [3.05, 3.63) is 60.2 Å². The highest BCUT2D eigenvalue weighted by Crippen LogP contribution is 2.24. The summed E-state index contributed by atoms with van der Waals surface area (Å²) in [6, 6.07) is 13.9. The number of nitrogens with zero attached hydrogens (tertiary/aromatic N) is 3. The van der Waals surface area contributed by atoms with Gasteiger partial charge in [0.25, 0.3) is 0 Å². The highest BCUT2D eigenvalue weighted by molar-refractivity contribution is 7.98. The third-order valence-electron chi connectivity index (χ3n) is 3.24. The highest BCUT2D eigenvalue weighted by Gasteiger charge is 2.11. The number of hydrogen-bond donors (Lipinski definition) is 1. The van der Waals surface area contributed by atoms with Crippen LogP contribution in [-0.4, -0.2) is 20.2 Å². The van der Waals surface area contributed by atoms with E-state index < -0.39 is 0 Å². The lowest BCUT2D eigenvalue weighted by atomic mass is 10.2. The molecule has 2 aromatic carbocycles. The fourth-order valence-electron chi connectivity index (χ4n) is 2.18. The zero-order valence-corrected chi connectivity index (χ0v) is 12.7. The number of hydrogen-bond acceptors (Lipinski definition) is 5. The Balaban J connectivity index is 1.49. The van der Waals surface area contributed by atoms with Gasteiger partial charge in [-0.25, -0.2) is 9.37 Å². The van der Waals surface area contributed by atoms with E-state index >= 15 is 0 Å². The first-order valence-corrected chi connectivity index (χ1v) is 7.92. The van der Waals surface area contributed by atoms with Crippen molar-refractivity contribution >= 4 is 22.8 Å². The zero-order valence-electron chi connectivity index (χ0n) is 11.9. The summed E-state index contributed by atoms with van der Waals surface area (Å²) in [5, 5.41) is 8.73. The lowest BCUT2D eigenvalue weighted by Crippen LogP contribution is -1.81. The zero-order chi connectivity index (χ0) is 15.6. The maximum atomic E-state index is 13.2. The van der Waals surface area contributed by atoms with Gasteiger partial charge in [0, 0.05) is 5.56 Å². The standard InChI is InChI=1S/C16H11FN4OS/c17-11-5-3-4-10(8-11)15-21-20-14(22-15)9-23-16-18-12-6-1-2-7-13(12)19-16/h1-8H,9H2,(H,18,19). The number of imidazole rings is 1. The molecule has 0 aliphatic heterocycles. The van der Waals surface area contributed by atoms with Gasteiger partial charge in [0.05, 0.1) is 16.8 Å². The molecule has 0 amide bonds. The molecular weight excluding hydrogens is 315 g/mol. The summed E-state index contributed by atoms with van der Waals surface area (Å²) in [4.78, 5) is 7.70. The van der Waals surface area contributed by atoms with Crippen LogP contribution in [0.5, 0.6) is 0 Å². The molecule has 0 atom stereocenters. The van der Waals surface area contributed by atoms with Crippen molar-refractivity contribution in [1.29, 1.82) is 0 Å². The molecule has 7 heteroatoms. The van der Waals surface area contributed by atoms with Crippen LogP contribution in [0, 0.1) is 5.82 Å². The SMILES string of the molecule is Fc1cccc(-c2nnc(CSc3nc4ccccc4[nH]3)o2)c1. The van der Waals surface area contributed by atoms with Crippen molar-refractivity contribution in [2.75, 3.05) is 0 Å². The molecule has 2 aromatic heterocycles. The molecule has 0 aliphatic rings. The van der Waals surface area contributed by atoms with Crippen LogP contribution >= 0.6 is 11.8 Å². The maximum absolute atomic E-state index is 13.2. The Morgan fingerprint density at radius 2 is 2.00 bits per heavy atom. The Labute approximate surface area is 135 Å². The van der Waals surface area contributed by atoms with Crippen LogP contribution in [-0.2, 0) is 5.75 Å². The molecule has 0 fully saturated rings. The smallest absolute Gasteiger partial charge is 0.247 e. The predicted octanol–water partition coefficient (Wildman–Crippen LogP) is 4.04. The minimum atomic E-state index is -0.334. The van der Waals surface area contributed by atoms with E-state index in [4.69, 9.17) is 4.42 Å². The van der Waals surface area contributed by atoms with Crippen LogP contribution < -0.4 is 0 Å². The quantitative estimate of drug-likeness (QED) is 0.573. The fourth-order valence-corrected chi connectivity index (χ4v) is 2.90. The number of para-hydroxylation sites is 2. The molecular formula is C16H11FN4OS. The lowest BCUT2D eigenvalue weighted by Gasteiger charge is -1.94. The molecule has 0 saturated carbocycles. The molecule has 2 heterocycles. The van der Waals surface area contributed by atoms with E-state index in [1.165, 1.54) is 23.9 Å². The van der Waals surface area contributed by atoms with Gasteiger partial charge in [-0.1, -0.05) is 30.0 Å². The summed E-state index contributed by atoms with van der Waals surface area (Å²) in [6.45, 7) is 0. The first-order valence-electron chi connectivity index (χ1n) is 6.94. The summed E-state index contributed by atoms with van der Waals surface area (Å²) in [7, 11) is 0. The van der Waals surface area contributed by atoms with Crippen LogP contribution in [0.4, 0.5) is 4.39 Å². The van der Waals surface area contributed by atoms with Gasteiger partial charge in [-0.2, -0.15) is 0 Å². The van der Waals surface area contributed by atoms with Crippen LogP contribution in [0.3, 0.4) is 0 Å². The van der Waals surface area contributed by atoms with E-state index in [1.54, 1.807) is 12.1 Å². The molecule has 0 spiro atoms. The minimum absolute atomic E-state index is 0.310. The average Bonchev–Trinajstić information content (AvgIpc) is 3.19. The van der Waals surface area contributed by atoms with E-state index in [-0.39, 0.29) is 5.82 Å². The van der Waals surface area contributed by atoms with Crippen LogP contribution in [0.2, 0.25) is 0 Å². The summed E-state index contributed by atoms with van der Waals surface area (Å²) < 4.78 is 18.8. The number of rotatable bonds is 4. The molecule has 4 aromatic rings. The second-order valence-corrected chi connectivity index (χ2v) is 5.82. The average molecular weight is 326 g/mol. The van der Waals surface area contributed by atoms with Gasteiger partial charge in [-0.05, 0) is 30.3 Å². The Morgan fingerprint density at radius 1 is 1.09 bits per heavy atom. The molecule has 1 N–H and O–H groups in total. The Hall–Kier alpha value is -2.67. The molecule has 114 valence electrons. The number of halogens is 1. The van der Waals surface area contributed by atoms with Gasteiger partial charge in [0.2, 0.25) is 11.8 Å². The van der Waals surface area contributed by atoms with E-state index in [0.29, 0.717) is 23.1 Å². The molecule has 23 heavy (non-hydrogen) atoms. The lowest BCUT2D eigenvalue weighted by molar-refractivity contribution is 0.527. The monoisotopic (exact) mass is 326 g/mol. The number of fused-ring (bicyclic) bond motifs is 1. The number of aromatic amines is 1. The first-order chi connectivity index (χ1) is 11.3. The number of benzene rings is 2. The van der Waals surface area contributed by atoms with Crippen molar-refractivity contribution < 1.29 is 8.81 Å². The van der Waals surface area contributed by atoms with Gasteiger partial charge >= 0.3 is 0 Å². The van der Waals surface area contributed by atoms with Crippen molar-refractivity contribution in [3.8, 4) is 11.5 Å². The van der Waals surface area contributed by atoms with Crippen LogP contribution in [0.15, 0.2) is 58.1 Å². The number of thioether (sulfide) groups is 1.